The van der Waals surface area contributed by atoms with Crippen molar-refractivity contribution in [2.24, 2.45) is 5.92 Å². The van der Waals surface area contributed by atoms with Crippen LogP contribution in [-0.2, 0) is 4.79 Å². The number of carboxylic acids is 1. The van der Waals surface area contributed by atoms with Gasteiger partial charge in [-0.25, -0.2) is 0 Å². The van der Waals surface area contributed by atoms with Gasteiger partial charge in [-0.1, -0.05) is 11.6 Å². The van der Waals surface area contributed by atoms with E-state index in [1.54, 1.807) is 18.2 Å². The monoisotopic (exact) mass is 278 g/mol. The highest BCUT2D eigenvalue weighted by atomic mass is 35.5. The Balaban J connectivity index is 2.19. The number of rotatable bonds is 3. The topological polar surface area (TPSA) is 64.3 Å². The van der Waals surface area contributed by atoms with Crippen LogP contribution >= 0.6 is 11.6 Å². The fraction of sp³-hybridized carbons (Fsp3) is 0.429. The number of hydrogen-bond donors (Lipinski definition) is 1. The van der Waals surface area contributed by atoms with Crippen molar-refractivity contribution in [1.82, 2.24) is 0 Å². The van der Waals surface area contributed by atoms with Crippen LogP contribution in [0.4, 0.5) is 5.69 Å². The molecule has 2 rings (SSSR count). The van der Waals surface area contributed by atoms with Gasteiger partial charge in [0.15, 0.2) is 0 Å². The smallest absolute Gasteiger partial charge is 0.303 e. The number of hydrogen-bond acceptors (Lipinski definition) is 3. The molecule has 1 aromatic carbocycles. The Labute approximate surface area is 117 Å². The largest absolute Gasteiger partial charge is 0.481 e. The zero-order chi connectivity index (χ0) is 13.8. The molecule has 1 aliphatic rings. The Bertz CT molecular complexity index is 525. The van der Waals surface area contributed by atoms with Crippen LogP contribution in [0.3, 0.4) is 0 Å². The maximum absolute atomic E-state index is 10.8. The lowest BCUT2D eigenvalue weighted by atomic mass is 9.94. The molecule has 1 fully saturated rings. The molecule has 0 saturated carbocycles. The summed E-state index contributed by atoms with van der Waals surface area (Å²) in [7, 11) is 0. The molecule has 1 aromatic rings. The highest BCUT2D eigenvalue weighted by Gasteiger charge is 2.23. The Kier molecular flexibility index (Phi) is 4.28. The van der Waals surface area contributed by atoms with Crippen LogP contribution < -0.4 is 4.90 Å². The van der Waals surface area contributed by atoms with Gasteiger partial charge in [0, 0.05) is 24.5 Å². The van der Waals surface area contributed by atoms with Gasteiger partial charge < -0.3 is 10.0 Å². The van der Waals surface area contributed by atoms with Crippen LogP contribution in [-0.4, -0.2) is 24.2 Å². The predicted molar refractivity (Wildman–Crippen MR) is 73.4 cm³/mol. The standard InChI is InChI=1S/C14H15ClN2O2/c15-12-4-3-11(8-16)13(7-12)17-5-1-2-10(9-17)6-14(18)19/h3-4,7,10H,1-2,5-6,9H2,(H,18,19). The first-order valence-electron chi connectivity index (χ1n) is 6.26. The number of nitriles is 1. The number of carboxylic acid groups (broad SMARTS) is 1. The third kappa shape index (κ3) is 3.39. The Morgan fingerprint density at radius 2 is 2.37 bits per heavy atom. The van der Waals surface area contributed by atoms with Crippen molar-refractivity contribution in [2.75, 3.05) is 18.0 Å². The lowest BCUT2D eigenvalue weighted by Gasteiger charge is -2.34. The second-order valence-electron chi connectivity index (χ2n) is 4.83. The summed E-state index contributed by atoms with van der Waals surface area (Å²) in [6.07, 6.45) is 2.04. The Morgan fingerprint density at radius 3 is 3.05 bits per heavy atom. The maximum atomic E-state index is 10.8. The molecule has 1 N–H and O–H groups in total. The second kappa shape index (κ2) is 5.94. The molecule has 1 saturated heterocycles. The molecule has 1 atom stereocenters. The first kappa shape index (κ1) is 13.7. The summed E-state index contributed by atoms with van der Waals surface area (Å²) in [6, 6.07) is 7.34. The van der Waals surface area contributed by atoms with Gasteiger partial charge in [0.2, 0.25) is 0 Å². The molecule has 4 nitrogen and oxygen atoms in total. The van der Waals surface area contributed by atoms with Crippen LogP contribution in [0.1, 0.15) is 24.8 Å². The van der Waals surface area contributed by atoms with Crippen LogP contribution in [0.15, 0.2) is 18.2 Å². The average Bonchev–Trinajstić information content (AvgIpc) is 2.38. The van der Waals surface area contributed by atoms with Gasteiger partial charge in [-0.2, -0.15) is 5.26 Å². The van der Waals surface area contributed by atoms with E-state index < -0.39 is 5.97 Å². The first-order valence-corrected chi connectivity index (χ1v) is 6.64. The quantitative estimate of drug-likeness (QED) is 0.923. The van der Waals surface area contributed by atoms with Gasteiger partial charge in [0.05, 0.1) is 11.3 Å². The third-order valence-corrected chi connectivity index (χ3v) is 3.64. The van der Waals surface area contributed by atoms with Gasteiger partial charge >= 0.3 is 5.97 Å². The third-order valence-electron chi connectivity index (χ3n) is 3.40. The normalized spacial score (nSPS) is 18.9. The predicted octanol–water partition coefficient (Wildman–Crippen LogP) is 2.90. The molecular formula is C14H15ClN2O2. The molecule has 1 unspecified atom stereocenters. The maximum Gasteiger partial charge on any atom is 0.303 e. The summed E-state index contributed by atoms with van der Waals surface area (Å²) in [4.78, 5) is 12.9. The number of halogens is 1. The fourth-order valence-corrected chi connectivity index (χ4v) is 2.72. The second-order valence-corrected chi connectivity index (χ2v) is 5.26. The molecule has 1 aliphatic heterocycles. The minimum absolute atomic E-state index is 0.136. The van der Waals surface area contributed by atoms with Crippen molar-refractivity contribution < 1.29 is 9.90 Å². The van der Waals surface area contributed by atoms with Crippen molar-refractivity contribution in [3.05, 3.63) is 28.8 Å². The Hall–Kier alpha value is -1.73. The van der Waals surface area contributed by atoms with Crippen LogP contribution in [0.5, 0.6) is 0 Å². The molecule has 0 aromatic heterocycles. The number of anilines is 1. The van der Waals surface area contributed by atoms with Crippen LogP contribution in [0, 0.1) is 17.2 Å². The van der Waals surface area contributed by atoms with E-state index in [0.29, 0.717) is 17.1 Å². The van der Waals surface area contributed by atoms with E-state index in [2.05, 4.69) is 11.0 Å². The summed E-state index contributed by atoms with van der Waals surface area (Å²) in [5.74, 6) is -0.629. The van der Waals surface area contributed by atoms with E-state index in [1.165, 1.54) is 0 Å². The highest BCUT2D eigenvalue weighted by Crippen LogP contribution is 2.29. The molecule has 0 spiro atoms. The van der Waals surface area contributed by atoms with Gasteiger partial charge in [-0.05, 0) is 37.0 Å². The van der Waals surface area contributed by atoms with Crippen molar-refractivity contribution in [2.45, 2.75) is 19.3 Å². The molecule has 0 bridgehead atoms. The lowest BCUT2D eigenvalue weighted by molar-refractivity contribution is -0.138. The zero-order valence-corrected chi connectivity index (χ0v) is 11.2. The number of nitrogens with zero attached hydrogens (tertiary/aromatic N) is 2. The van der Waals surface area contributed by atoms with Gasteiger partial charge in [0.1, 0.15) is 6.07 Å². The highest BCUT2D eigenvalue weighted by molar-refractivity contribution is 6.30. The minimum atomic E-state index is -0.765. The molecule has 0 radical (unpaired) electrons. The van der Waals surface area contributed by atoms with E-state index in [1.807, 2.05) is 0 Å². The molecule has 0 aliphatic carbocycles. The van der Waals surface area contributed by atoms with Crippen LogP contribution in [0.2, 0.25) is 5.02 Å². The summed E-state index contributed by atoms with van der Waals surface area (Å²) < 4.78 is 0. The van der Waals surface area contributed by atoms with Gasteiger partial charge in [-0.15, -0.1) is 0 Å². The number of piperidine rings is 1. The number of aliphatic carboxylic acids is 1. The van der Waals surface area contributed by atoms with Gasteiger partial charge in [0.25, 0.3) is 0 Å². The number of benzene rings is 1. The molecule has 100 valence electrons. The van der Waals surface area contributed by atoms with Crippen molar-refractivity contribution in [3.63, 3.8) is 0 Å². The fourth-order valence-electron chi connectivity index (χ4n) is 2.56. The summed E-state index contributed by atoms with van der Waals surface area (Å²) in [6.45, 7) is 1.51. The molecule has 5 heteroatoms. The number of carbonyl (C=O) groups is 1. The summed E-state index contributed by atoms with van der Waals surface area (Å²) >= 11 is 5.98. The first-order chi connectivity index (χ1) is 9.10. The van der Waals surface area contributed by atoms with Gasteiger partial charge in [-0.3, -0.25) is 4.79 Å². The van der Waals surface area contributed by atoms with E-state index in [-0.39, 0.29) is 12.3 Å². The summed E-state index contributed by atoms with van der Waals surface area (Å²) in [5.41, 5.74) is 1.39. The Morgan fingerprint density at radius 1 is 1.58 bits per heavy atom. The summed E-state index contributed by atoms with van der Waals surface area (Å²) in [5, 5.41) is 18.6. The molecule has 1 heterocycles. The molecular weight excluding hydrogens is 264 g/mol. The molecule has 19 heavy (non-hydrogen) atoms. The van der Waals surface area contributed by atoms with E-state index in [4.69, 9.17) is 22.0 Å². The van der Waals surface area contributed by atoms with Crippen LogP contribution in [0.25, 0.3) is 0 Å². The van der Waals surface area contributed by atoms with Crippen molar-refractivity contribution in [1.29, 1.82) is 5.26 Å². The average molecular weight is 279 g/mol. The van der Waals surface area contributed by atoms with E-state index in [0.717, 1.165) is 25.1 Å². The lowest BCUT2D eigenvalue weighted by Crippen LogP contribution is -2.36. The minimum Gasteiger partial charge on any atom is -0.481 e. The molecule has 0 amide bonds. The van der Waals surface area contributed by atoms with E-state index >= 15 is 0 Å². The van der Waals surface area contributed by atoms with Crippen molar-refractivity contribution in [3.8, 4) is 6.07 Å². The SMILES string of the molecule is N#Cc1ccc(Cl)cc1N1CCCC(CC(=O)O)C1. The zero-order valence-electron chi connectivity index (χ0n) is 10.5. The van der Waals surface area contributed by atoms with E-state index in [9.17, 15) is 4.79 Å². The van der Waals surface area contributed by atoms with Crippen molar-refractivity contribution >= 4 is 23.3 Å².